The van der Waals surface area contributed by atoms with Gasteiger partial charge in [0.2, 0.25) is 0 Å². The molecule has 5 nitrogen and oxygen atoms in total. The normalized spacial score (nSPS) is 12.7. The van der Waals surface area contributed by atoms with Crippen LogP contribution in [0, 0.1) is 0 Å². The molecule has 0 aliphatic rings. The van der Waals surface area contributed by atoms with E-state index in [1.807, 2.05) is 38.1 Å². The van der Waals surface area contributed by atoms with E-state index >= 15 is 0 Å². The van der Waals surface area contributed by atoms with E-state index < -0.39 is 0 Å². The maximum absolute atomic E-state index is 5.85. The average molecular weight is 296 g/mol. The molecule has 0 saturated heterocycles. The number of nitrogens with zero attached hydrogens (tertiary/aromatic N) is 2. The van der Waals surface area contributed by atoms with Gasteiger partial charge < -0.3 is 11.1 Å². The first-order chi connectivity index (χ1) is 9.51. The molecular formula is C14H22ClN5. The van der Waals surface area contributed by atoms with Gasteiger partial charge in [-0.3, -0.25) is 15.3 Å². The van der Waals surface area contributed by atoms with Crippen LogP contribution in [0.3, 0.4) is 0 Å². The number of nitrogens with one attached hydrogen (secondary N) is 2. The van der Waals surface area contributed by atoms with E-state index in [2.05, 4.69) is 20.6 Å². The summed E-state index contributed by atoms with van der Waals surface area (Å²) in [6.07, 6.45) is 0.874. The number of hydrogen-bond donors (Lipinski definition) is 3. The second-order valence-corrected chi connectivity index (χ2v) is 5.04. The zero-order valence-electron chi connectivity index (χ0n) is 12.2. The van der Waals surface area contributed by atoms with Crippen LogP contribution in [-0.2, 0) is 6.42 Å². The van der Waals surface area contributed by atoms with Gasteiger partial charge in [0, 0.05) is 24.7 Å². The van der Waals surface area contributed by atoms with Gasteiger partial charge in [0.1, 0.15) is 0 Å². The second-order valence-electron chi connectivity index (χ2n) is 4.61. The molecule has 1 aromatic rings. The van der Waals surface area contributed by atoms with Gasteiger partial charge in [0.05, 0.1) is 0 Å². The molecule has 110 valence electrons. The SMILES string of the molecule is CN=C(NCCc1ccc(Cl)cc1)NC(N)=NC(C)C. The highest BCUT2D eigenvalue weighted by Gasteiger charge is 2.01. The van der Waals surface area contributed by atoms with Crippen LogP contribution in [0.4, 0.5) is 0 Å². The molecule has 0 bridgehead atoms. The zero-order valence-corrected chi connectivity index (χ0v) is 12.9. The van der Waals surface area contributed by atoms with Crippen molar-refractivity contribution in [2.24, 2.45) is 15.7 Å². The maximum Gasteiger partial charge on any atom is 0.197 e. The minimum Gasteiger partial charge on any atom is -0.370 e. The summed E-state index contributed by atoms with van der Waals surface area (Å²) in [5, 5.41) is 6.87. The van der Waals surface area contributed by atoms with Crippen molar-refractivity contribution in [3.05, 3.63) is 34.9 Å². The molecule has 6 heteroatoms. The predicted molar refractivity (Wildman–Crippen MR) is 86.4 cm³/mol. The van der Waals surface area contributed by atoms with Gasteiger partial charge in [0.25, 0.3) is 0 Å². The van der Waals surface area contributed by atoms with E-state index in [-0.39, 0.29) is 6.04 Å². The van der Waals surface area contributed by atoms with E-state index in [1.54, 1.807) is 7.05 Å². The Balaban J connectivity index is 2.40. The molecule has 0 radical (unpaired) electrons. The number of rotatable bonds is 4. The number of hydrogen-bond acceptors (Lipinski definition) is 2. The van der Waals surface area contributed by atoms with E-state index in [9.17, 15) is 0 Å². The Bertz CT molecular complexity index is 465. The molecule has 1 rings (SSSR count). The summed E-state index contributed by atoms with van der Waals surface area (Å²) in [7, 11) is 1.69. The van der Waals surface area contributed by atoms with Gasteiger partial charge >= 0.3 is 0 Å². The van der Waals surface area contributed by atoms with Crippen molar-refractivity contribution in [2.45, 2.75) is 26.3 Å². The first kappa shape index (κ1) is 16.3. The second kappa shape index (κ2) is 8.43. The fourth-order valence-corrected chi connectivity index (χ4v) is 1.71. The molecule has 0 fully saturated rings. The first-order valence-corrected chi connectivity index (χ1v) is 6.94. The van der Waals surface area contributed by atoms with Crippen molar-refractivity contribution in [1.29, 1.82) is 0 Å². The standard InChI is InChI=1S/C14H22ClN5/c1-10(2)19-13(16)20-14(17-3)18-9-8-11-4-6-12(15)7-5-11/h4-7,10H,8-9H2,1-3H3,(H4,16,17,18,19,20). The minimum atomic E-state index is 0.148. The van der Waals surface area contributed by atoms with Crippen molar-refractivity contribution >= 4 is 23.5 Å². The van der Waals surface area contributed by atoms with Gasteiger partial charge in [-0.2, -0.15) is 0 Å². The monoisotopic (exact) mass is 295 g/mol. The van der Waals surface area contributed by atoms with Crippen LogP contribution in [0.2, 0.25) is 5.02 Å². The number of guanidine groups is 2. The third-order valence-electron chi connectivity index (χ3n) is 2.49. The molecule has 0 amide bonds. The number of halogens is 1. The molecule has 0 aliphatic heterocycles. The lowest BCUT2D eigenvalue weighted by atomic mass is 10.1. The molecule has 0 saturated carbocycles. The molecule has 0 aliphatic carbocycles. The van der Waals surface area contributed by atoms with Crippen molar-refractivity contribution in [1.82, 2.24) is 10.6 Å². The number of benzene rings is 1. The summed E-state index contributed by atoms with van der Waals surface area (Å²) >= 11 is 5.85. The Morgan fingerprint density at radius 2 is 1.95 bits per heavy atom. The maximum atomic E-state index is 5.85. The lowest BCUT2D eigenvalue weighted by Gasteiger charge is -2.12. The molecule has 0 unspecified atom stereocenters. The van der Waals surface area contributed by atoms with Crippen LogP contribution in [0.15, 0.2) is 34.3 Å². The third kappa shape index (κ3) is 6.43. The van der Waals surface area contributed by atoms with E-state index in [0.717, 1.165) is 18.0 Å². The van der Waals surface area contributed by atoms with Crippen molar-refractivity contribution in [3.8, 4) is 0 Å². The fourth-order valence-electron chi connectivity index (χ4n) is 1.59. The largest absolute Gasteiger partial charge is 0.370 e. The van der Waals surface area contributed by atoms with Crippen LogP contribution in [-0.4, -0.2) is 31.6 Å². The average Bonchev–Trinajstić information content (AvgIpc) is 2.39. The topological polar surface area (TPSA) is 74.8 Å². The van der Waals surface area contributed by atoms with Crippen molar-refractivity contribution in [3.63, 3.8) is 0 Å². The molecule has 4 N–H and O–H groups in total. The zero-order chi connectivity index (χ0) is 15.0. The number of aliphatic imine (C=N–C) groups is 2. The Labute approximate surface area is 125 Å². The summed E-state index contributed by atoms with van der Waals surface area (Å²) in [6.45, 7) is 4.67. The highest BCUT2D eigenvalue weighted by Crippen LogP contribution is 2.09. The van der Waals surface area contributed by atoms with Crippen LogP contribution >= 0.6 is 11.6 Å². The minimum absolute atomic E-state index is 0.148. The van der Waals surface area contributed by atoms with Crippen LogP contribution in [0.5, 0.6) is 0 Å². The Kier molecular flexibility index (Phi) is 6.87. The molecule has 0 aromatic heterocycles. The van der Waals surface area contributed by atoms with Gasteiger partial charge in [-0.1, -0.05) is 23.7 Å². The van der Waals surface area contributed by atoms with Crippen molar-refractivity contribution < 1.29 is 0 Å². The van der Waals surface area contributed by atoms with Gasteiger partial charge in [-0.15, -0.1) is 0 Å². The Morgan fingerprint density at radius 3 is 2.50 bits per heavy atom. The molecule has 20 heavy (non-hydrogen) atoms. The smallest absolute Gasteiger partial charge is 0.197 e. The summed E-state index contributed by atoms with van der Waals surface area (Å²) in [5.74, 6) is 0.973. The Hall–Kier alpha value is -1.75. The molecule has 0 atom stereocenters. The summed E-state index contributed by atoms with van der Waals surface area (Å²) in [5.41, 5.74) is 6.96. The van der Waals surface area contributed by atoms with Crippen LogP contribution < -0.4 is 16.4 Å². The number of nitrogens with two attached hydrogens (primary N) is 1. The lowest BCUT2D eigenvalue weighted by molar-refractivity contribution is 0.817. The highest BCUT2D eigenvalue weighted by molar-refractivity contribution is 6.30. The third-order valence-corrected chi connectivity index (χ3v) is 2.74. The summed E-state index contributed by atoms with van der Waals surface area (Å²) in [4.78, 5) is 8.28. The fraction of sp³-hybridized carbons (Fsp3) is 0.429. The van der Waals surface area contributed by atoms with Gasteiger partial charge in [-0.05, 0) is 38.0 Å². The molecule has 0 heterocycles. The van der Waals surface area contributed by atoms with Crippen LogP contribution in [0.1, 0.15) is 19.4 Å². The molecular weight excluding hydrogens is 274 g/mol. The predicted octanol–water partition coefficient (Wildman–Crippen LogP) is 1.77. The van der Waals surface area contributed by atoms with E-state index in [1.165, 1.54) is 5.56 Å². The summed E-state index contributed by atoms with van der Waals surface area (Å²) < 4.78 is 0. The molecule has 1 aromatic carbocycles. The molecule has 0 spiro atoms. The van der Waals surface area contributed by atoms with Crippen molar-refractivity contribution in [2.75, 3.05) is 13.6 Å². The van der Waals surface area contributed by atoms with Crippen LogP contribution in [0.25, 0.3) is 0 Å². The van der Waals surface area contributed by atoms with E-state index in [4.69, 9.17) is 17.3 Å². The Morgan fingerprint density at radius 1 is 1.30 bits per heavy atom. The first-order valence-electron chi connectivity index (χ1n) is 6.56. The lowest BCUT2D eigenvalue weighted by Crippen LogP contribution is -2.45. The highest BCUT2D eigenvalue weighted by atomic mass is 35.5. The quantitative estimate of drug-likeness (QED) is 0.585. The summed E-state index contributed by atoms with van der Waals surface area (Å²) in [6, 6.07) is 7.94. The van der Waals surface area contributed by atoms with Gasteiger partial charge in [0.15, 0.2) is 11.9 Å². The van der Waals surface area contributed by atoms with E-state index in [0.29, 0.717) is 11.9 Å². The van der Waals surface area contributed by atoms with Gasteiger partial charge in [-0.25, -0.2) is 0 Å².